The number of rotatable bonds is 5. The number of pyridine rings is 1. The van der Waals surface area contributed by atoms with Crippen molar-refractivity contribution in [2.45, 2.75) is 5.22 Å². The standard InChI is InChI=1S/C15H11FN4O2S/c16-11-3-1-10(2-4-11)14-19-20-15(22-14)23-9-13(21)18-12-5-7-17-8-6-12/h1-8H,9H2,(H,17,18,21). The molecule has 0 aliphatic carbocycles. The minimum atomic E-state index is -0.337. The Hall–Kier alpha value is -2.74. The highest BCUT2D eigenvalue weighted by molar-refractivity contribution is 7.99. The maximum atomic E-state index is 12.9. The highest BCUT2D eigenvalue weighted by Crippen LogP contribution is 2.23. The molecule has 0 saturated carbocycles. The lowest BCUT2D eigenvalue weighted by atomic mass is 10.2. The summed E-state index contributed by atoms with van der Waals surface area (Å²) < 4.78 is 18.3. The Morgan fingerprint density at radius 1 is 1.13 bits per heavy atom. The van der Waals surface area contributed by atoms with Crippen LogP contribution in [0.4, 0.5) is 10.1 Å². The number of hydrogen-bond donors (Lipinski definition) is 1. The van der Waals surface area contributed by atoms with Gasteiger partial charge in [-0.2, -0.15) is 0 Å². The molecule has 1 N–H and O–H groups in total. The third-order valence-corrected chi connectivity index (χ3v) is 3.61. The average molecular weight is 330 g/mol. The lowest BCUT2D eigenvalue weighted by Gasteiger charge is -2.02. The lowest BCUT2D eigenvalue weighted by Crippen LogP contribution is -2.13. The fraction of sp³-hybridized carbons (Fsp3) is 0.0667. The smallest absolute Gasteiger partial charge is 0.277 e. The summed E-state index contributed by atoms with van der Waals surface area (Å²) in [6.07, 6.45) is 3.19. The van der Waals surface area contributed by atoms with Gasteiger partial charge in [0.05, 0.1) is 5.75 Å². The van der Waals surface area contributed by atoms with Gasteiger partial charge in [-0.15, -0.1) is 10.2 Å². The number of amides is 1. The van der Waals surface area contributed by atoms with Crippen LogP contribution >= 0.6 is 11.8 Å². The van der Waals surface area contributed by atoms with Crippen LogP contribution in [0.2, 0.25) is 0 Å². The summed E-state index contributed by atoms with van der Waals surface area (Å²) >= 11 is 1.12. The topological polar surface area (TPSA) is 80.9 Å². The summed E-state index contributed by atoms with van der Waals surface area (Å²) in [6, 6.07) is 9.12. The number of nitrogens with zero attached hydrogens (tertiary/aromatic N) is 3. The van der Waals surface area contributed by atoms with Crippen molar-refractivity contribution < 1.29 is 13.6 Å². The molecule has 2 aromatic heterocycles. The van der Waals surface area contributed by atoms with Crippen LogP contribution in [0.1, 0.15) is 0 Å². The van der Waals surface area contributed by atoms with E-state index in [-0.39, 0.29) is 28.6 Å². The summed E-state index contributed by atoms with van der Waals surface area (Å²) in [5.74, 6) is -0.117. The Balaban J connectivity index is 1.57. The summed E-state index contributed by atoms with van der Waals surface area (Å²) in [6.45, 7) is 0. The number of hydrogen-bond acceptors (Lipinski definition) is 6. The van der Waals surface area contributed by atoms with E-state index in [9.17, 15) is 9.18 Å². The molecule has 0 saturated heterocycles. The van der Waals surface area contributed by atoms with Crippen molar-refractivity contribution in [3.63, 3.8) is 0 Å². The largest absolute Gasteiger partial charge is 0.411 e. The van der Waals surface area contributed by atoms with Gasteiger partial charge in [-0.1, -0.05) is 11.8 Å². The van der Waals surface area contributed by atoms with Gasteiger partial charge >= 0.3 is 0 Å². The number of anilines is 1. The number of carbonyl (C=O) groups is 1. The van der Waals surface area contributed by atoms with Crippen molar-refractivity contribution in [3.8, 4) is 11.5 Å². The van der Waals surface area contributed by atoms with Crippen LogP contribution in [0.25, 0.3) is 11.5 Å². The third-order valence-electron chi connectivity index (χ3n) is 2.79. The van der Waals surface area contributed by atoms with E-state index >= 15 is 0 Å². The zero-order valence-corrected chi connectivity index (χ0v) is 12.6. The second kappa shape index (κ2) is 7.01. The van der Waals surface area contributed by atoms with Gasteiger partial charge in [0.15, 0.2) is 0 Å². The van der Waals surface area contributed by atoms with Crippen LogP contribution < -0.4 is 5.32 Å². The van der Waals surface area contributed by atoms with Crippen molar-refractivity contribution in [1.29, 1.82) is 0 Å². The molecule has 0 atom stereocenters. The van der Waals surface area contributed by atoms with Crippen LogP contribution in [0.5, 0.6) is 0 Å². The Bertz CT molecular complexity index is 793. The SMILES string of the molecule is O=C(CSc1nnc(-c2ccc(F)cc2)o1)Nc1ccncc1. The van der Waals surface area contributed by atoms with Gasteiger partial charge in [0, 0.05) is 23.6 Å². The normalized spacial score (nSPS) is 10.5. The van der Waals surface area contributed by atoms with Gasteiger partial charge in [0.2, 0.25) is 11.8 Å². The van der Waals surface area contributed by atoms with Crippen molar-refractivity contribution in [1.82, 2.24) is 15.2 Å². The van der Waals surface area contributed by atoms with Gasteiger partial charge in [-0.05, 0) is 36.4 Å². The minimum absolute atomic E-state index is 0.132. The number of aromatic nitrogens is 3. The third kappa shape index (κ3) is 4.13. The maximum Gasteiger partial charge on any atom is 0.277 e. The molecular formula is C15H11FN4O2S. The van der Waals surface area contributed by atoms with Crippen LogP contribution in [0.15, 0.2) is 58.4 Å². The molecule has 0 unspecified atom stereocenters. The first-order valence-corrected chi connectivity index (χ1v) is 7.61. The number of benzene rings is 1. The van der Waals surface area contributed by atoms with E-state index in [4.69, 9.17) is 4.42 Å². The van der Waals surface area contributed by atoms with E-state index in [0.717, 1.165) is 11.8 Å². The van der Waals surface area contributed by atoms with Gasteiger partial charge in [0.25, 0.3) is 5.22 Å². The molecule has 8 heteroatoms. The summed E-state index contributed by atoms with van der Waals surface area (Å²) in [4.78, 5) is 15.7. The van der Waals surface area contributed by atoms with Crippen LogP contribution in [-0.2, 0) is 4.79 Å². The summed E-state index contributed by atoms with van der Waals surface area (Å²) in [5, 5.41) is 10.7. The van der Waals surface area contributed by atoms with Gasteiger partial charge < -0.3 is 9.73 Å². The molecule has 6 nitrogen and oxygen atoms in total. The lowest BCUT2D eigenvalue weighted by molar-refractivity contribution is -0.113. The minimum Gasteiger partial charge on any atom is -0.411 e. The first kappa shape index (κ1) is 15.2. The fourth-order valence-electron chi connectivity index (χ4n) is 1.74. The number of nitrogens with one attached hydrogen (secondary N) is 1. The highest BCUT2D eigenvalue weighted by Gasteiger charge is 2.11. The Morgan fingerprint density at radius 2 is 1.87 bits per heavy atom. The van der Waals surface area contributed by atoms with Crippen LogP contribution in [0.3, 0.4) is 0 Å². The molecule has 0 fully saturated rings. The van der Waals surface area contributed by atoms with E-state index < -0.39 is 0 Å². The molecule has 23 heavy (non-hydrogen) atoms. The van der Waals surface area contributed by atoms with Crippen molar-refractivity contribution in [2.75, 3.05) is 11.1 Å². The molecule has 3 aromatic rings. The Morgan fingerprint density at radius 3 is 2.61 bits per heavy atom. The molecule has 0 aliphatic rings. The van der Waals surface area contributed by atoms with E-state index in [1.807, 2.05) is 0 Å². The predicted octanol–water partition coefficient (Wildman–Crippen LogP) is 3.00. The fourth-order valence-corrected chi connectivity index (χ4v) is 2.30. The second-order valence-corrected chi connectivity index (χ2v) is 5.38. The average Bonchev–Trinajstić information content (AvgIpc) is 3.04. The van der Waals surface area contributed by atoms with Gasteiger partial charge in [0.1, 0.15) is 5.82 Å². The summed E-state index contributed by atoms with van der Waals surface area (Å²) in [7, 11) is 0. The molecule has 0 radical (unpaired) electrons. The Kier molecular flexibility index (Phi) is 4.62. The molecule has 0 aliphatic heterocycles. The molecule has 116 valence electrons. The molecule has 0 spiro atoms. The number of halogens is 1. The zero-order chi connectivity index (χ0) is 16.1. The zero-order valence-electron chi connectivity index (χ0n) is 11.8. The maximum absolute atomic E-state index is 12.9. The number of thioether (sulfide) groups is 1. The van der Waals surface area contributed by atoms with E-state index in [1.165, 1.54) is 12.1 Å². The van der Waals surface area contributed by atoms with Gasteiger partial charge in [-0.3, -0.25) is 9.78 Å². The van der Waals surface area contributed by atoms with Crippen LogP contribution in [0, 0.1) is 5.82 Å². The Labute approximate surface area is 135 Å². The second-order valence-electron chi connectivity index (χ2n) is 4.45. The number of carbonyl (C=O) groups excluding carboxylic acids is 1. The quantitative estimate of drug-likeness (QED) is 0.724. The molecule has 3 rings (SSSR count). The predicted molar refractivity (Wildman–Crippen MR) is 83.3 cm³/mol. The first-order valence-electron chi connectivity index (χ1n) is 6.63. The van der Waals surface area contributed by atoms with E-state index in [2.05, 4.69) is 20.5 Å². The summed E-state index contributed by atoms with van der Waals surface area (Å²) in [5.41, 5.74) is 1.29. The molecular weight excluding hydrogens is 319 g/mol. The van der Waals surface area contributed by atoms with E-state index in [0.29, 0.717) is 11.3 Å². The highest BCUT2D eigenvalue weighted by atomic mass is 32.2. The van der Waals surface area contributed by atoms with Crippen molar-refractivity contribution >= 4 is 23.4 Å². The van der Waals surface area contributed by atoms with E-state index in [1.54, 1.807) is 36.7 Å². The molecule has 1 amide bonds. The first-order chi connectivity index (χ1) is 11.2. The molecule has 0 bridgehead atoms. The molecule has 2 heterocycles. The van der Waals surface area contributed by atoms with Crippen molar-refractivity contribution in [3.05, 3.63) is 54.6 Å². The molecule has 1 aromatic carbocycles. The monoisotopic (exact) mass is 330 g/mol. The van der Waals surface area contributed by atoms with Gasteiger partial charge in [-0.25, -0.2) is 4.39 Å². The van der Waals surface area contributed by atoms with Crippen LogP contribution in [-0.4, -0.2) is 26.8 Å². The van der Waals surface area contributed by atoms with Crippen molar-refractivity contribution in [2.24, 2.45) is 0 Å².